The van der Waals surface area contributed by atoms with Crippen LogP contribution >= 0.6 is 11.8 Å². The normalized spacial score (nSPS) is 15.2. The zero-order valence-electron chi connectivity index (χ0n) is 17.1. The molecule has 0 amide bonds. The zero-order chi connectivity index (χ0) is 21.3. The van der Waals surface area contributed by atoms with E-state index < -0.39 is 10.1 Å². The number of anilines is 1. The van der Waals surface area contributed by atoms with Gasteiger partial charge in [-0.05, 0) is 50.1 Å². The van der Waals surface area contributed by atoms with Crippen molar-refractivity contribution in [1.29, 1.82) is 0 Å². The van der Waals surface area contributed by atoms with Crippen LogP contribution in [0.1, 0.15) is 24.6 Å². The molecule has 2 heterocycles. The van der Waals surface area contributed by atoms with Crippen molar-refractivity contribution in [3.63, 3.8) is 0 Å². The summed E-state index contributed by atoms with van der Waals surface area (Å²) < 4.78 is 33.8. The van der Waals surface area contributed by atoms with E-state index in [1.807, 2.05) is 6.07 Å². The Kier molecular flexibility index (Phi) is 5.86. The molecule has 0 saturated carbocycles. The van der Waals surface area contributed by atoms with Crippen LogP contribution in [0, 0.1) is 6.92 Å². The van der Waals surface area contributed by atoms with E-state index in [0.29, 0.717) is 13.0 Å². The summed E-state index contributed by atoms with van der Waals surface area (Å²) in [5.41, 5.74) is 4.55. The average Bonchev–Trinajstić information content (AvgIpc) is 3.03. The standard InChI is InChI=1S/C23H24N2O3S2/c1-3-24-19(11-10-18-7-4-5-8-20(18)24)16-23-25(13-6-14-30(26,27)28)21-12-9-17(2)15-22(21)29-23/h4-5,7-12,15-16H,3,6,13-14H2,1-2H3/p+1. The number of rotatable bonds is 6. The number of nitrogens with zero attached hydrogens (tertiary/aromatic N) is 2. The van der Waals surface area contributed by atoms with Crippen molar-refractivity contribution in [1.82, 2.24) is 0 Å². The van der Waals surface area contributed by atoms with E-state index in [4.69, 9.17) is 4.55 Å². The van der Waals surface area contributed by atoms with Gasteiger partial charge in [-0.15, -0.1) is 0 Å². The molecule has 0 spiro atoms. The summed E-state index contributed by atoms with van der Waals surface area (Å²) in [5, 5.41) is 2.26. The molecule has 1 aliphatic rings. The third-order valence-electron chi connectivity index (χ3n) is 5.23. The second-order valence-corrected chi connectivity index (χ2v) is 10.0. The van der Waals surface area contributed by atoms with E-state index >= 15 is 0 Å². The van der Waals surface area contributed by atoms with Gasteiger partial charge < -0.3 is 4.90 Å². The Balaban J connectivity index is 1.74. The lowest BCUT2D eigenvalue weighted by atomic mass is 10.1. The van der Waals surface area contributed by atoms with Crippen LogP contribution in [-0.2, 0) is 16.7 Å². The minimum absolute atomic E-state index is 0.242. The fraction of sp³-hybridized carbons (Fsp3) is 0.261. The van der Waals surface area contributed by atoms with Gasteiger partial charge in [-0.2, -0.15) is 13.0 Å². The summed E-state index contributed by atoms with van der Waals surface area (Å²) >= 11 is 1.70. The minimum atomic E-state index is -3.97. The van der Waals surface area contributed by atoms with Gasteiger partial charge in [-0.25, -0.2) is 0 Å². The number of benzene rings is 2. The molecule has 0 unspecified atom stereocenters. The van der Waals surface area contributed by atoms with Gasteiger partial charge in [0.05, 0.1) is 16.5 Å². The smallest absolute Gasteiger partial charge is 0.264 e. The monoisotopic (exact) mass is 441 g/mol. The molecular formula is C23H25N2O3S2+. The van der Waals surface area contributed by atoms with Crippen LogP contribution in [0.15, 0.2) is 64.5 Å². The zero-order valence-corrected chi connectivity index (χ0v) is 18.7. The number of thioether (sulfide) groups is 1. The highest BCUT2D eigenvalue weighted by molar-refractivity contribution is 8.03. The Morgan fingerprint density at radius 3 is 2.70 bits per heavy atom. The summed E-state index contributed by atoms with van der Waals surface area (Å²) in [7, 11) is -3.97. The van der Waals surface area contributed by atoms with Crippen LogP contribution in [0.4, 0.5) is 5.69 Å². The molecule has 1 aromatic heterocycles. The SMILES string of the molecule is CC[n+]1c(C=C2Sc3cc(C)ccc3N2CCCS(=O)(=O)O)ccc2ccccc21. The van der Waals surface area contributed by atoms with Crippen molar-refractivity contribution in [3.05, 3.63) is 70.9 Å². The highest BCUT2D eigenvalue weighted by Gasteiger charge is 2.27. The molecule has 0 atom stereocenters. The minimum Gasteiger partial charge on any atom is -0.335 e. The third kappa shape index (κ3) is 4.38. The van der Waals surface area contributed by atoms with Gasteiger partial charge in [0.1, 0.15) is 6.54 Å². The molecule has 30 heavy (non-hydrogen) atoms. The number of fused-ring (bicyclic) bond motifs is 2. The third-order valence-corrected chi connectivity index (χ3v) is 7.13. The van der Waals surface area contributed by atoms with Gasteiger partial charge in [0.25, 0.3) is 10.1 Å². The van der Waals surface area contributed by atoms with Gasteiger partial charge in [0.15, 0.2) is 0 Å². The van der Waals surface area contributed by atoms with E-state index in [2.05, 4.69) is 77.9 Å². The second kappa shape index (κ2) is 8.41. The van der Waals surface area contributed by atoms with E-state index in [1.165, 1.54) is 16.5 Å². The van der Waals surface area contributed by atoms with Gasteiger partial charge >= 0.3 is 0 Å². The van der Waals surface area contributed by atoms with Gasteiger partial charge in [0.2, 0.25) is 11.2 Å². The number of aryl methyl sites for hydroxylation is 2. The van der Waals surface area contributed by atoms with Crippen LogP contribution in [-0.4, -0.2) is 25.3 Å². The second-order valence-electron chi connectivity index (χ2n) is 7.41. The highest BCUT2D eigenvalue weighted by atomic mass is 32.2. The van der Waals surface area contributed by atoms with E-state index in [1.54, 1.807) is 11.8 Å². The quantitative estimate of drug-likeness (QED) is 0.446. The Hall–Kier alpha value is -2.35. The Labute approximate surface area is 181 Å². The fourth-order valence-electron chi connectivity index (χ4n) is 3.84. The maximum Gasteiger partial charge on any atom is 0.264 e. The molecule has 1 N–H and O–H groups in total. The van der Waals surface area contributed by atoms with Crippen molar-refractivity contribution < 1.29 is 17.5 Å². The lowest BCUT2D eigenvalue weighted by Crippen LogP contribution is -2.37. The van der Waals surface area contributed by atoms with Crippen LogP contribution in [0.2, 0.25) is 0 Å². The summed E-state index contributed by atoms with van der Waals surface area (Å²) in [4.78, 5) is 3.32. The predicted molar refractivity (Wildman–Crippen MR) is 123 cm³/mol. The number of pyridine rings is 1. The molecule has 0 bridgehead atoms. The van der Waals surface area contributed by atoms with Gasteiger partial charge in [0, 0.05) is 35.0 Å². The molecule has 4 rings (SSSR count). The largest absolute Gasteiger partial charge is 0.335 e. The van der Waals surface area contributed by atoms with E-state index in [9.17, 15) is 8.42 Å². The number of aromatic nitrogens is 1. The van der Waals surface area contributed by atoms with E-state index in [0.717, 1.165) is 27.9 Å². The lowest BCUT2D eigenvalue weighted by Gasteiger charge is -2.20. The molecule has 0 aliphatic carbocycles. The van der Waals surface area contributed by atoms with Crippen molar-refractivity contribution in [2.45, 2.75) is 31.7 Å². The molecule has 1 aliphatic heterocycles. The molecule has 3 aromatic rings. The summed E-state index contributed by atoms with van der Waals surface area (Å²) in [5.74, 6) is -0.242. The summed E-state index contributed by atoms with van der Waals surface area (Å²) in [6.45, 7) is 5.58. The molecule has 7 heteroatoms. The van der Waals surface area contributed by atoms with E-state index in [-0.39, 0.29) is 5.75 Å². The van der Waals surface area contributed by atoms with Crippen molar-refractivity contribution >= 4 is 44.5 Å². The topological polar surface area (TPSA) is 61.5 Å². The number of para-hydroxylation sites is 1. The predicted octanol–water partition coefficient (Wildman–Crippen LogP) is 4.64. The van der Waals surface area contributed by atoms with Gasteiger partial charge in [-0.1, -0.05) is 30.0 Å². The highest BCUT2D eigenvalue weighted by Crippen LogP contribution is 2.47. The first-order chi connectivity index (χ1) is 14.4. The maximum atomic E-state index is 11.2. The molecule has 0 radical (unpaired) electrons. The van der Waals surface area contributed by atoms with Crippen LogP contribution in [0.3, 0.4) is 0 Å². The Morgan fingerprint density at radius 2 is 1.93 bits per heavy atom. The van der Waals surface area contributed by atoms with Crippen LogP contribution in [0.5, 0.6) is 0 Å². The first-order valence-electron chi connectivity index (χ1n) is 10.0. The summed E-state index contributed by atoms with van der Waals surface area (Å²) in [6.07, 6.45) is 2.53. The Bertz CT molecular complexity index is 1240. The first-order valence-corrected chi connectivity index (χ1v) is 12.4. The lowest BCUT2D eigenvalue weighted by molar-refractivity contribution is -0.669. The molecule has 0 saturated heterocycles. The average molecular weight is 442 g/mol. The molecular weight excluding hydrogens is 416 g/mol. The number of hydrogen-bond donors (Lipinski definition) is 1. The van der Waals surface area contributed by atoms with Gasteiger partial charge in [-0.3, -0.25) is 4.55 Å². The van der Waals surface area contributed by atoms with Crippen molar-refractivity contribution in [3.8, 4) is 0 Å². The maximum absolute atomic E-state index is 11.2. The fourth-order valence-corrected chi connectivity index (χ4v) is 5.57. The van der Waals surface area contributed by atoms with Crippen molar-refractivity contribution in [2.75, 3.05) is 17.2 Å². The first kappa shape index (κ1) is 20.9. The molecule has 2 aromatic carbocycles. The summed E-state index contributed by atoms with van der Waals surface area (Å²) in [6, 6.07) is 18.9. The van der Waals surface area contributed by atoms with Crippen molar-refractivity contribution in [2.24, 2.45) is 0 Å². The molecule has 156 valence electrons. The molecule has 0 fully saturated rings. The van der Waals surface area contributed by atoms with Crippen LogP contribution in [0.25, 0.3) is 17.0 Å². The number of hydrogen-bond acceptors (Lipinski definition) is 4. The molecule has 5 nitrogen and oxygen atoms in total. The van der Waals surface area contributed by atoms with Crippen LogP contribution < -0.4 is 9.47 Å². The Morgan fingerprint density at radius 1 is 1.13 bits per heavy atom.